The molecule has 0 heteroatoms. The molecule has 0 saturated carbocycles. The lowest BCUT2D eigenvalue weighted by molar-refractivity contribution is 0.664. The highest BCUT2D eigenvalue weighted by atomic mass is 13.9. The SMILES string of the molecule is C#C/C=C(\C)CCCCCC. The van der Waals surface area contributed by atoms with Crippen molar-refractivity contribution in [2.45, 2.75) is 46.0 Å². The quantitative estimate of drug-likeness (QED) is 0.415. The summed E-state index contributed by atoms with van der Waals surface area (Å²) in [5.41, 5.74) is 1.34. The van der Waals surface area contributed by atoms with E-state index in [2.05, 4.69) is 19.8 Å². The Morgan fingerprint density at radius 3 is 2.64 bits per heavy atom. The largest absolute Gasteiger partial charge is 0.115 e. The Balaban J connectivity index is 3.26. The normalized spacial score (nSPS) is 11.2. The molecule has 62 valence electrons. The van der Waals surface area contributed by atoms with Crippen LogP contribution in [0.4, 0.5) is 0 Å². The molecule has 0 aromatic rings. The van der Waals surface area contributed by atoms with Gasteiger partial charge in [0.05, 0.1) is 0 Å². The molecule has 0 aliphatic rings. The average molecular weight is 150 g/mol. The molecule has 0 spiro atoms. The minimum Gasteiger partial charge on any atom is -0.115 e. The van der Waals surface area contributed by atoms with Crippen molar-refractivity contribution >= 4 is 0 Å². The third-order valence-corrected chi connectivity index (χ3v) is 1.75. The molecule has 0 bridgehead atoms. The molecule has 0 unspecified atom stereocenters. The highest BCUT2D eigenvalue weighted by Crippen LogP contribution is 2.08. The molecule has 0 fully saturated rings. The maximum Gasteiger partial charge on any atom is -0.0132 e. The topological polar surface area (TPSA) is 0 Å². The van der Waals surface area contributed by atoms with Crippen LogP contribution in [-0.4, -0.2) is 0 Å². The van der Waals surface area contributed by atoms with Gasteiger partial charge < -0.3 is 0 Å². The monoisotopic (exact) mass is 150 g/mol. The molecule has 0 rings (SSSR count). The standard InChI is InChI=1S/C11H18/c1-4-6-7-8-10-11(3)9-5-2/h2,9H,4,6-8,10H2,1,3H3/b11-9+. The van der Waals surface area contributed by atoms with Crippen molar-refractivity contribution in [3.63, 3.8) is 0 Å². The van der Waals surface area contributed by atoms with Gasteiger partial charge in [-0.25, -0.2) is 0 Å². The van der Waals surface area contributed by atoms with E-state index in [1.54, 1.807) is 0 Å². The third kappa shape index (κ3) is 7.19. The molecule has 0 N–H and O–H groups in total. The average Bonchev–Trinajstić information content (AvgIpc) is 1.99. The van der Waals surface area contributed by atoms with Crippen LogP contribution in [0.25, 0.3) is 0 Å². The van der Waals surface area contributed by atoms with Gasteiger partial charge in [0, 0.05) is 0 Å². The lowest BCUT2D eigenvalue weighted by Crippen LogP contribution is -1.78. The summed E-state index contributed by atoms with van der Waals surface area (Å²) >= 11 is 0. The molecule has 0 aromatic carbocycles. The third-order valence-electron chi connectivity index (χ3n) is 1.75. The van der Waals surface area contributed by atoms with E-state index in [1.165, 1.54) is 37.7 Å². The lowest BCUT2D eigenvalue weighted by atomic mass is 10.1. The maximum atomic E-state index is 5.13. The number of hydrogen-bond acceptors (Lipinski definition) is 0. The lowest BCUT2D eigenvalue weighted by Gasteiger charge is -1.98. The zero-order chi connectivity index (χ0) is 8.53. The fourth-order valence-electron chi connectivity index (χ4n) is 1.05. The summed E-state index contributed by atoms with van der Waals surface area (Å²) in [7, 11) is 0. The second-order valence-electron chi connectivity index (χ2n) is 2.97. The minimum atomic E-state index is 1.17. The molecule has 11 heavy (non-hydrogen) atoms. The number of hydrogen-bond donors (Lipinski definition) is 0. The molecule has 0 nitrogen and oxygen atoms in total. The second kappa shape index (κ2) is 7.41. The van der Waals surface area contributed by atoms with Crippen LogP contribution in [0.15, 0.2) is 11.6 Å². The molecule has 0 heterocycles. The molecule has 0 amide bonds. The molecule has 0 atom stereocenters. The van der Waals surface area contributed by atoms with Crippen LogP contribution in [-0.2, 0) is 0 Å². The first-order chi connectivity index (χ1) is 5.31. The first-order valence-electron chi connectivity index (χ1n) is 4.43. The Labute approximate surface area is 70.7 Å². The van der Waals surface area contributed by atoms with Crippen molar-refractivity contribution in [2.75, 3.05) is 0 Å². The fraction of sp³-hybridized carbons (Fsp3) is 0.636. The first kappa shape index (κ1) is 10.3. The van der Waals surface area contributed by atoms with Crippen molar-refractivity contribution in [1.29, 1.82) is 0 Å². The summed E-state index contributed by atoms with van der Waals surface area (Å²) in [4.78, 5) is 0. The van der Waals surface area contributed by atoms with E-state index < -0.39 is 0 Å². The molecule has 0 radical (unpaired) electrons. The number of unbranched alkanes of at least 4 members (excludes halogenated alkanes) is 3. The summed E-state index contributed by atoms with van der Waals surface area (Å²) < 4.78 is 0. The highest BCUT2D eigenvalue weighted by molar-refractivity contribution is 5.15. The summed E-state index contributed by atoms with van der Waals surface area (Å²) in [5, 5.41) is 0. The number of rotatable bonds is 5. The molecule has 0 saturated heterocycles. The molecular weight excluding hydrogens is 132 g/mol. The van der Waals surface area contributed by atoms with Gasteiger partial charge in [-0.3, -0.25) is 0 Å². The Bertz CT molecular complexity index is 146. The van der Waals surface area contributed by atoms with Gasteiger partial charge in [-0.15, -0.1) is 6.42 Å². The van der Waals surface area contributed by atoms with Gasteiger partial charge >= 0.3 is 0 Å². The summed E-state index contributed by atoms with van der Waals surface area (Å²) in [6.45, 7) is 4.33. The van der Waals surface area contributed by atoms with Crippen molar-refractivity contribution in [3.8, 4) is 12.3 Å². The van der Waals surface area contributed by atoms with Gasteiger partial charge in [-0.2, -0.15) is 0 Å². The van der Waals surface area contributed by atoms with E-state index >= 15 is 0 Å². The van der Waals surface area contributed by atoms with E-state index in [0.717, 1.165) is 0 Å². The predicted octanol–water partition coefficient (Wildman–Crippen LogP) is 3.54. The van der Waals surface area contributed by atoms with Crippen molar-refractivity contribution in [1.82, 2.24) is 0 Å². The van der Waals surface area contributed by atoms with Crippen LogP contribution >= 0.6 is 0 Å². The Morgan fingerprint density at radius 1 is 1.36 bits per heavy atom. The van der Waals surface area contributed by atoms with Gasteiger partial charge in [-0.1, -0.05) is 37.7 Å². The van der Waals surface area contributed by atoms with E-state index in [-0.39, 0.29) is 0 Å². The van der Waals surface area contributed by atoms with Crippen LogP contribution in [0.2, 0.25) is 0 Å². The zero-order valence-corrected chi connectivity index (χ0v) is 7.69. The van der Waals surface area contributed by atoms with Crippen LogP contribution in [0.1, 0.15) is 46.0 Å². The summed E-state index contributed by atoms with van der Waals surface area (Å²) in [6, 6.07) is 0. The fourth-order valence-corrected chi connectivity index (χ4v) is 1.05. The highest BCUT2D eigenvalue weighted by Gasteiger charge is 1.89. The maximum absolute atomic E-state index is 5.13. The zero-order valence-electron chi connectivity index (χ0n) is 7.69. The molecule has 0 aliphatic carbocycles. The van der Waals surface area contributed by atoms with Crippen LogP contribution in [0, 0.1) is 12.3 Å². The molecular formula is C11H18. The van der Waals surface area contributed by atoms with E-state index in [0.29, 0.717) is 0 Å². The van der Waals surface area contributed by atoms with E-state index in [9.17, 15) is 0 Å². The second-order valence-corrected chi connectivity index (χ2v) is 2.97. The van der Waals surface area contributed by atoms with E-state index in [1.807, 2.05) is 6.08 Å². The summed E-state index contributed by atoms with van der Waals surface area (Å²) in [5.74, 6) is 2.55. The van der Waals surface area contributed by atoms with Crippen LogP contribution in [0.3, 0.4) is 0 Å². The number of terminal acetylenes is 1. The Hall–Kier alpha value is -0.700. The van der Waals surface area contributed by atoms with Gasteiger partial charge in [0.1, 0.15) is 0 Å². The smallest absolute Gasteiger partial charge is 0.0132 e. The van der Waals surface area contributed by atoms with Crippen LogP contribution in [0.5, 0.6) is 0 Å². The van der Waals surface area contributed by atoms with Crippen LogP contribution < -0.4 is 0 Å². The van der Waals surface area contributed by atoms with Gasteiger partial charge in [-0.05, 0) is 25.8 Å². The summed E-state index contributed by atoms with van der Waals surface area (Å²) in [6.07, 6.45) is 13.5. The van der Waals surface area contributed by atoms with Crippen molar-refractivity contribution in [2.24, 2.45) is 0 Å². The van der Waals surface area contributed by atoms with Crippen molar-refractivity contribution < 1.29 is 0 Å². The molecule has 0 aromatic heterocycles. The Morgan fingerprint density at radius 2 is 2.09 bits per heavy atom. The minimum absolute atomic E-state index is 1.17. The van der Waals surface area contributed by atoms with Gasteiger partial charge in [0.15, 0.2) is 0 Å². The first-order valence-corrected chi connectivity index (χ1v) is 4.43. The number of allylic oxidation sites excluding steroid dienone is 2. The van der Waals surface area contributed by atoms with E-state index in [4.69, 9.17) is 6.42 Å². The molecule has 0 aliphatic heterocycles. The van der Waals surface area contributed by atoms with Gasteiger partial charge in [0.25, 0.3) is 0 Å². The van der Waals surface area contributed by atoms with Gasteiger partial charge in [0.2, 0.25) is 0 Å². The Kier molecular flexibility index (Phi) is 6.94. The van der Waals surface area contributed by atoms with Crippen molar-refractivity contribution in [3.05, 3.63) is 11.6 Å². The predicted molar refractivity (Wildman–Crippen MR) is 51.3 cm³/mol.